The smallest absolute Gasteiger partial charge is 0.326 e. The number of H-pyrrole nitrogens is 1. The Balaban J connectivity index is 1.49. The summed E-state index contributed by atoms with van der Waals surface area (Å²) >= 11 is 11.0. The maximum absolute atomic E-state index is 14.9. The third-order valence-corrected chi connectivity index (χ3v) is 26.0. The van der Waals surface area contributed by atoms with Gasteiger partial charge in [0.25, 0.3) is 0 Å². The van der Waals surface area contributed by atoms with E-state index in [1.807, 2.05) is 0 Å². The molecular weight excluding hydrogens is 2040 g/mol. The predicted molar refractivity (Wildman–Crippen MR) is 546 cm³/mol. The molecule has 4 rings (SSSR count). The van der Waals surface area contributed by atoms with E-state index >= 15 is 0 Å². The van der Waals surface area contributed by atoms with Crippen molar-refractivity contribution in [3.05, 3.63) is 36.0 Å². The summed E-state index contributed by atoms with van der Waals surface area (Å²) in [4.78, 5) is 332. The van der Waals surface area contributed by atoms with Gasteiger partial charge in [0, 0.05) is 61.0 Å². The minimum Gasteiger partial charge on any atom is -0.481 e. The Bertz CT molecular complexity index is 5000. The number of hydrogen-bond acceptors (Lipinski definition) is 32. The molecule has 1 aromatic heterocycles. The van der Waals surface area contributed by atoms with Crippen molar-refractivity contribution in [1.82, 2.24) is 105 Å². The van der Waals surface area contributed by atoms with Crippen LogP contribution in [0.15, 0.2) is 30.5 Å². The fourth-order valence-electron chi connectivity index (χ4n) is 15.9. The number of carbonyl (C=O) groups excluding carboxylic acids is 21. The molecule has 0 unspecified atom stereocenters. The number of carboxylic acid groups (broad SMARTS) is 3. The van der Waals surface area contributed by atoms with Crippen LogP contribution in [0.2, 0.25) is 0 Å². The van der Waals surface area contributed by atoms with Gasteiger partial charge in [-0.1, -0.05) is 80.0 Å². The summed E-state index contributed by atoms with van der Waals surface area (Å²) in [5, 5.41) is 101. The summed E-state index contributed by atoms with van der Waals surface area (Å²) in [6.45, 7) is 8.48. The number of thiol groups is 2. The Morgan fingerprint density at radius 3 is 1.21 bits per heavy atom. The lowest BCUT2D eigenvalue weighted by Gasteiger charge is -2.32. The van der Waals surface area contributed by atoms with Crippen molar-refractivity contribution in [2.45, 2.75) is 273 Å². The number of amides is 21. The standard InChI is InChI=1S/C92H145N23O30S4/c1-11-47(8)74(113-88(140)67-19-15-27-115(67)91(143)63(41-118)100-71(122)38-98-77(129)64(42-146)111-85(137)62(40-117)110-79(131)53(21-23-73(125)126)101-84(136)59(34-68(94)119)104-75(127)50(93)39-116)89(141)108-60(35-69(95)120)90(142)114-26-14-18-66(114)87(139)107-58(33-48-36-96-51-17-13-12-16-49(48)51)76(128)97-37-70(121)99-52(20-22-72(123)124)78(130)102-55(25-29-149-10)81(133)112-65(43-147)86(138)106-57(31-45(4)5)83(135)105-56(30-44(2)3)82(134)103-54(24-28-148-9)80(132)109-61(92(144)145)32-46(6)7/h12-13,16-17,36,44-47,50,52-67,74,96,116-118,146-147H,11,14-15,18-35,37-43,93H2,1-10H3,(H2,94,119)(H2,95,120)(H,97,128)(H,98,129)(H,99,121)(H,100,122)(H,101,136)(H,102,130)(H,103,134)(H,104,127)(H,105,135)(H,106,138)(H,107,139)(H,108,141)(H,109,132)(H,110,131)(H,111,137)(H,112,133)(H,113,140)(H,123,124)(H,125,126)(H,144,145)/t47-,50-,52-,53-,54-,55-,56-,57-,58-,59-,60-,61-,62-,63-,64-,65-,66-,67-,74-/m0/s1. The first-order chi connectivity index (χ1) is 70.3. The number of primary amides is 2. The highest BCUT2D eigenvalue weighted by atomic mass is 32.2. The number of hydrogen-bond donors (Lipinski definition) is 29. The number of rotatable bonds is 68. The maximum Gasteiger partial charge on any atom is 0.326 e. The van der Waals surface area contributed by atoms with Gasteiger partial charge in [0.15, 0.2) is 0 Å². The normalized spacial score (nSPS) is 16.7. The lowest BCUT2D eigenvalue weighted by Crippen LogP contribution is -2.61. The number of thioether (sulfide) groups is 2. The van der Waals surface area contributed by atoms with Crippen molar-refractivity contribution in [2.24, 2.45) is 40.9 Å². The molecule has 21 amide bonds. The predicted octanol–water partition coefficient (Wildman–Crippen LogP) is -8.38. The number of aliphatic carboxylic acids is 3. The van der Waals surface area contributed by atoms with Crippen molar-refractivity contribution < 1.29 is 146 Å². The van der Waals surface area contributed by atoms with Crippen LogP contribution < -0.4 is 108 Å². The second kappa shape index (κ2) is 65.3. The number of likely N-dealkylation sites (tertiary alicyclic amines) is 2. The van der Waals surface area contributed by atoms with Gasteiger partial charge in [-0.05, 0) is 130 Å². The number of carbonyl (C=O) groups is 24. The molecule has 57 heteroatoms. The van der Waals surface area contributed by atoms with Crippen LogP contribution in [0.5, 0.6) is 0 Å². The second-order valence-corrected chi connectivity index (χ2v) is 39.9. The SMILES string of the molecule is CC[C@H](C)[C@H](NC(=O)[C@@H]1CCCN1C(=O)[C@H](CO)NC(=O)CNC(=O)[C@H](CS)NC(=O)[C@H](CO)NC(=O)[C@H](CCC(=O)O)NC(=O)[C@H](CC(N)=O)NC(=O)[C@@H](N)CO)C(=O)N[C@@H](CC(N)=O)C(=O)N1CCC[C@H]1C(=O)N[C@@H](Cc1c[nH]c2ccccc12)C(=O)NCC(=O)N[C@@H](CCC(=O)O)C(=O)N[C@@H](CCSC)C(=O)N[C@@H](CS)C(=O)N[C@@H](CC(C)C)C(=O)N[C@@H](CC(C)C)C(=O)N[C@@H](CCSC)C(=O)N[C@@H](CC(C)C)C(=O)O. The number of aromatic amines is 1. The van der Waals surface area contributed by atoms with Crippen LogP contribution in [0.3, 0.4) is 0 Å². The van der Waals surface area contributed by atoms with Gasteiger partial charge >= 0.3 is 17.9 Å². The van der Waals surface area contributed by atoms with Crippen LogP contribution >= 0.6 is 48.8 Å². The molecule has 0 bridgehead atoms. The van der Waals surface area contributed by atoms with Gasteiger partial charge in [0.05, 0.1) is 45.8 Å². The van der Waals surface area contributed by atoms with Crippen molar-refractivity contribution in [1.29, 1.82) is 0 Å². The first-order valence-electron chi connectivity index (χ1n) is 48.6. The fraction of sp³-hybridized carbons (Fsp3) is 0.652. The van der Waals surface area contributed by atoms with Crippen LogP contribution in [-0.4, -0.2) is 378 Å². The number of nitrogens with zero attached hydrogens (tertiary/aromatic N) is 2. The van der Waals surface area contributed by atoms with Crippen molar-refractivity contribution in [3.63, 3.8) is 0 Å². The van der Waals surface area contributed by atoms with E-state index in [1.54, 1.807) is 98.4 Å². The molecule has 149 heavy (non-hydrogen) atoms. The Morgan fingerprint density at radius 1 is 0.416 bits per heavy atom. The zero-order valence-corrected chi connectivity index (χ0v) is 88.1. The number of aliphatic hydroxyl groups is 3. The topological polar surface area (TPSA) is 836 Å². The van der Waals surface area contributed by atoms with E-state index in [-0.39, 0.29) is 113 Å². The highest BCUT2D eigenvalue weighted by molar-refractivity contribution is 7.98. The lowest BCUT2D eigenvalue weighted by molar-refractivity contribution is -0.144. The summed E-state index contributed by atoms with van der Waals surface area (Å²) in [5.74, 6) is -27.6. The minimum atomic E-state index is -1.94. The fourth-order valence-corrected chi connectivity index (χ4v) is 17.3. The molecular formula is C92H145N23O30S4. The molecule has 0 spiro atoms. The molecule has 0 aliphatic carbocycles. The quantitative estimate of drug-likeness (QED) is 0.0274. The molecule has 53 nitrogen and oxygen atoms in total. The number of para-hydroxylation sites is 1. The highest BCUT2D eigenvalue weighted by Gasteiger charge is 2.45. The number of benzene rings is 1. The van der Waals surface area contributed by atoms with Crippen molar-refractivity contribution in [2.75, 3.05) is 81.5 Å². The van der Waals surface area contributed by atoms with E-state index in [0.29, 0.717) is 22.2 Å². The van der Waals surface area contributed by atoms with E-state index in [9.17, 15) is 146 Å². The first kappa shape index (κ1) is 129. The van der Waals surface area contributed by atoms with E-state index < -0.39 is 334 Å². The molecule has 2 aromatic rings. The third-order valence-electron chi connectivity index (χ3n) is 24.0. The largest absolute Gasteiger partial charge is 0.481 e. The number of carboxylic acids is 3. The molecule has 0 saturated carbocycles. The molecule has 30 N–H and O–H groups in total. The van der Waals surface area contributed by atoms with Crippen LogP contribution in [0, 0.1) is 23.7 Å². The minimum absolute atomic E-state index is 0.00215. The first-order valence-corrected chi connectivity index (χ1v) is 52.6. The van der Waals surface area contributed by atoms with Crippen LogP contribution in [-0.2, 0) is 121 Å². The Morgan fingerprint density at radius 2 is 0.779 bits per heavy atom. The molecule has 3 heterocycles. The number of aromatic nitrogens is 1. The molecule has 832 valence electrons. The molecule has 2 aliphatic rings. The zero-order chi connectivity index (χ0) is 112. The average Bonchev–Trinajstić information content (AvgIpc) is 1.69. The number of nitrogens with one attached hydrogen (secondary N) is 18. The summed E-state index contributed by atoms with van der Waals surface area (Å²) < 4.78 is 0. The third kappa shape index (κ3) is 43.4. The van der Waals surface area contributed by atoms with Gasteiger partial charge in [0.2, 0.25) is 124 Å². The lowest BCUT2D eigenvalue weighted by atomic mass is 9.97. The molecule has 19 atom stereocenters. The van der Waals surface area contributed by atoms with E-state index in [1.165, 1.54) is 23.5 Å². The summed E-state index contributed by atoms with van der Waals surface area (Å²) in [5.41, 5.74) is 17.5. The molecule has 2 aliphatic heterocycles. The number of aliphatic hydroxyl groups excluding tert-OH is 3. The maximum atomic E-state index is 14.9. The van der Waals surface area contributed by atoms with Gasteiger partial charge in [-0.3, -0.25) is 110 Å². The van der Waals surface area contributed by atoms with Gasteiger partial charge in [-0.25, -0.2) is 4.79 Å². The van der Waals surface area contributed by atoms with Crippen molar-refractivity contribution >= 4 is 202 Å². The molecule has 2 saturated heterocycles. The Labute approximate surface area is 879 Å². The number of nitrogens with two attached hydrogens (primary N) is 3. The van der Waals surface area contributed by atoms with Crippen LogP contribution in [0.25, 0.3) is 10.9 Å². The summed E-state index contributed by atoms with van der Waals surface area (Å²) in [6, 6.07) is -21.3. The van der Waals surface area contributed by atoms with E-state index in [2.05, 4.69) is 121 Å². The molecule has 2 fully saturated rings. The van der Waals surface area contributed by atoms with Crippen LogP contribution in [0.4, 0.5) is 0 Å². The van der Waals surface area contributed by atoms with Gasteiger partial charge in [-0.15, -0.1) is 0 Å². The van der Waals surface area contributed by atoms with Crippen LogP contribution in [0.1, 0.15) is 164 Å². The summed E-state index contributed by atoms with van der Waals surface area (Å²) in [6.07, 6.45) is 0.754. The molecule has 1 aromatic carbocycles. The highest BCUT2D eigenvalue weighted by Crippen LogP contribution is 2.26. The Kier molecular flexibility index (Phi) is 56.3. The van der Waals surface area contributed by atoms with E-state index in [0.717, 1.165) is 9.80 Å². The monoisotopic (exact) mass is 2180 g/mol. The Hall–Kier alpha value is -12.7. The van der Waals surface area contributed by atoms with Gasteiger partial charge < -0.3 is 153 Å². The van der Waals surface area contributed by atoms with E-state index in [4.69, 9.17) is 17.2 Å². The van der Waals surface area contributed by atoms with Crippen molar-refractivity contribution in [3.8, 4) is 0 Å². The second-order valence-electron chi connectivity index (χ2n) is 37.2. The molecule has 0 radical (unpaired) electrons. The summed E-state index contributed by atoms with van der Waals surface area (Å²) in [7, 11) is 0. The average molecular weight is 2180 g/mol. The zero-order valence-electron chi connectivity index (χ0n) is 84.7. The van der Waals surface area contributed by atoms with Gasteiger partial charge in [0.1, 0.15) is 109 Å². The number of fused-ring (bicyclic) bond motifs is 1. The van der Waals surface area contributed by atoms with Gasteiger partial charge in [-0.2, -0.15) is 48.8 Å².